The van der Waals surface area contributed by atoms with Gasteiger partial charge in [-0.1, -0.05) is 41.7 Å². The Morgan fingerprint density at radius 1 is 1.13 bits per heavy atom. The van der Waals surface area contributed by atoms with Crippen LogP contribution in [0, 0.1) is 5.82 Å². The molecule has 1 atom stereocenters. The lowest BCUT2D eigenvalue weighted by Gasteiger charge is -2.23. The van der Waals surface area contributed by atoms with Gasteiger partial charge in [0.1, 0.15) is 10.5 Å². The Morgan fingerprint density at radius 2 is 1.87 bits per heavy atom. The molecule has 1 aliphatic carbocycles. The van der Waals surface area contributed by atoms with E-state index in [2.05, 4.69) is 15.2 Å². The number of benzene rings is 1. The number of carbonyl (C=O) groups excluding carboxylic acids is 2. The second-order valence-electron chi connectivity index (χ2n) is 7.71. The molecule has 8 nitrogen and oxygen atoms in total. The zero-order chi connectivity index (χ0) is 21.8. The maximum absolute atomic E-state index is 13.2. The van der Waals surface area contributed by atoms with Crippen LogP contribution in [0.15, 0.2) is 47.3 Å². The van der Waals surface area contributed by atoms with Crippen LogP contribution in [0.2, 0.25) is 0 Å². The molecule has 31 heavy (non-hydrogen) atoms. The van der Waals surface area contributed by atoms with Gasteiger partial charge in [-0.15, -0.1) is 10.2 Å². The Morgan fingerprint density at radius 3 is 2.55 bits per heavy atom. The molecule has 2 aliphatic rings. The summed E-state index contributed by atoms with van der Waals surface area (Å²) in [5.41, 5.74) is -0.410. The van der Waals surface area contributed by atoms with E-state index >= 15 is 0 Å². The molecule has 1 saturated heterocycles. The molecule has 0 radical (unpaired) electrons. The molecule has 2 fully saturated rings. The van der Waals surface area contributed by atoms with Gasteiger partial charge in [0, 0.05) is 0 Å². The van der Waals surface area contributed by atoms with E-state index in [0.29, 0.717) is 28.6 Å². The third kappa shape index (κ3) is 3.14. The molecule has 1 aromatic carbocycles. The van der Waals surface area contributed by atoms with Gasteiger partial charge in [0.05, 0.1) is 18.3 Å². The number of rotatable bonds is 5. The van der Waals surface area contributed by atoms with Gasteiger partial charge in [0.15, 0.2) is 10.8 Å². The van der Waals surface area contributed by atoms with Crippen LogP contribution in [0.4, 0.5) is 9.18 Å². The molecule has 1 N–H and O–H groups in total. The molecule has 3 amide bonds. The lowest BCUT2D eigenvalue weighted by molar-refractivity contribution is -0.130. The van der Waals surface area contributed by atoms with Crippen molar-refractivity contribution in [2.24, 2.45) is 0 Å². The van der Waals surface area contributed by atoms with Crippen LogP contribution in [-0.2, 0) is 11.3 Å². The fraction of sp³-hybridized carbons (Fsp3) is 0.286. The zero-order valence-electron chi connectivity index (χ0n) is 16.5. The number of aromatic nitrogens is 3. The van der Waals surface area contributed by atoms with Gasteiger partial charge >= 0.3 is 6.03 Å². The second kappa shape index (κ2) is 7.09. The van der Waals surface area contributed by atoms with Gasteiger partial charge in [-0.05, 0) is 37.5 Å². The highest BCUT2D eigenvalue weighted by molar-refractivity contribution is 7.14. The Kier molecular flexibility index (Phi) is 4.47. The van der Waals surface area contributed by atoms with Crippen molar-refractivity contribution in [3.8, 4) is 10.7 Å². The van der Waals surface area contributed by atoms with Gasteiger partial charge in [0.2, 0.25) is 0 Å². The van der Waals surface area contributed by atoms with E-state index in [-0.39, 0.29) is 24.5 Å². The van der Waals surface area contributed by atoms with Crippen molar-refractivity contribution in [2.45, 2.75) is 37.9 Å². The molecule has 1 aliphatic heterocycles. The fourth-order valence-electron chi connectivity index (χ4n) is 3.93. The summed E-state index contributed by atoms with van der Waals surface area (Å²) in [6.45, 7) is 1.99. The monoisotopic (exact) mass is 439 g/mol. The molecule has 158 valence electrons. The van der Waals surface area contributed by atoms with E-state index in [4.69, 9.17) is 0 Å². The predicted molar refractivity (Wildman–Crippen MR) is 111 cm³/mol. The van der Waals surface area contributed by atoms with E-state index in [9.17, 15) is 18.8 Å². The minimum Gasteiger partial charge on any atom is -0.317 e. The normalized spacial score (nSPS) is 18.1. The first kappa shape index (κ1) is 19.6. The summed E-state index contributed by atoms with van der Waals surface area (Å²) >= 11 is 1.19. The summed E-state index contributed by atoms with van der Waals surface area (Å²) in [5, 5.41) is 9.11. The van der Waals surface area contributed by atoms with Crippen LogP contribution in [-0.4, -0.2) is 42.5 Å². The quantitative estimate of drug-likeness (QED) is 0.616. The minimum atomic E-state index is -0.877. The van der Waals surface area contributed by atoms with E-state index in [1.54, 1.807) is 4.90 Å². The Hall–Kier alpha value is -3.40. The summed E-state index contributed by atoms with van der Waals surface area (Å²) in [5.74, 6) is -1.06. The van der Waals surface area contributed by atoms with Gasteiger partial charge in [0.25, 0.3) is 11.5 Å². The highest BCUT2D eigenvalue weighted by Gasteiger charge is 2.65. The van der Waals surface area contributed by atoms with Crippen molar-refractivity contribution < 1.29 is 14.0 Å². The molecule has 3 heterocycles. The van der Waals surface area contributed by atoms with Crippen molar-refractivity contribution >= 4 is 23.3 Å². The molecule has 1 spiro atoms. The summed E-state index contributed by atoms with van der Waals surface area (Å²) < 4.78 is 13.2. The number of H-pyrrole nitrogens is 1. The number of nitrogens with one attached hydrogen (secondary N) is 1. The zero-order valence-corrected chi connectivity index (χ0v) is 17.4. The number of carbonyl (C=O) groups is 2. The highest BCUT2D eigenvalue weighted by Crippen LogP contribution is 2.50. The van der Waals surface area contributed by atoms with Gasteiger partial charge < -0.3 is 9.88 Å². The van der Waals surface area contributed by atoms with Crippen molar-refractivity contribution in [1.82, 2.24) is 25.0 Å². The minimum absolute atomic E-state index is 0.145. The van der Waals surface area contributed by atoms with Gasteiger partial charge in [-0.2, -0.15) is 0 Å². The smallest absolute Gasteiger partial charge is 0.317 e. The Bertz CT molecular complexity index is 1240. The summed E-state index contributed by atoms with van der Waals surface area (Å²) in [7, 11) is 0. The number of urea groups is 1. The predicted octanol–water partition coefficient (Wildman–Crippen LogP) is 3.09. The van der Waals surface area contributed by atoms with Crippen molar-refractivity contribution in [2.75, 3.05) is 0 Å². The van der Waals surface area contributed by atoms with Crippen molar-refractivity contribution in [1.29, 1.82) is 0 Å². The summed E-state index contributed by atoms with van der Waals surface area (Å²) in [4.78, 5) is 43.3. The molecular formula is C21H18FN5O3S. The largest absolute Gasteiger partial charge is 0.328 e. The third-order valence-corrected chi connectivity index (χ3v) is 6.76. The third-order valence-electron chi connectivity index (χ3n) is 5.82. The average molecular weight is 439 g/mol. The Balaban J connectivity index is 1.40. The van der Waals surface area contributed by atoms with Crippen LogP contribution in [0.5, 0.6) is 0 Å². The number of imide groups is 1. The molecule has 1 saturated carbocycles. The number of hydrogen-bond acceptors (Lipinski definition) is 6. The molecule has 5 rings (SSSR count). The first-order valence-electron chi connectivity index (χ1n) is 9.82. The standard InChI is InChI=1S/C21H18FN5O3S/c1-12(13-5-3-2-4-6-13)27-19(29)21(9-10-21)26(20(27)30)11-16-24-25-18(31-16)15-8-7-14(22)17(28)23-15/h2-8,12H,9-11H2,1H3,(H,23,28)/t12-/m1/s1. The maximum atomic E-state index is 13.2. The van der Waals surface area contributed by atoms with Gasteiger partial charge in [-0.25, -0.2) is 9.18 Å². The molecule has 2 aromatic heterocycles. The maximum Gasteiger partial charge on any atom is 0.328 e. The van der Waals surface area contributed by atoms with E-state index < -0.39 is 16.9 Å². The van der Waals surface area contributed by atoms with E-state index in [0.717, 1.165) is 11.6 Å². The molecular weight excluding hydrogens is 421 g/mol. The first-order valence-corrected chi connectivity index (χ1v) is 10.6. The van der Waals surface area contributed by atoms with Crippen LogP contribution in [0.25, 0.3) is 10.7 Å². The van der Waals surface area contributed by atoms with Crippen molar-refractivity contribution in [3.05, 3.63) is 69.2 Å². The fourth-order valence-corrected chi connectivity index (χ4v) is 4.73. The van der Waals surface area contributed by atoms with E-state index in [1.165, 1.54) is 22.3 Å². The summed E-state index contributed by atoms with van der Waals surface area (Å²) in [6.07, 6.45) is 1.24. The average Bonchev–Trinajstić information content (AvgIpc) is 3.40. The van der Waals surface area contributed by atoms with E-state index in [1.807, 2.05) is 37.3 Å². The van der Waals surface area contributed by atoms with Crippen LogP contribution >= 0.6 is 11.3 Å². The van der Waals surface area contributed by atoms with Crippen molar-refractivity contribution in [3.63, 3.8) is 0 Å². The molecule has 10 heteroatoms. The van der Waals surface area contributed by atoms with Crippen LogP contribution in [0.3, 0.4) is 0 Å². The number of aromatic amines is 1. The summed E-state index contributed by atoms with van der Waals surface area (Å²) in [6, 6.07) is 11.2. The number of nitrogens with zero attached hydrogens (tertiary/aromatic N) is 4. The topological polar surface area (TPSA) is 99.3 Å². The lowest BCUT2D eigenvalue weighted by Crippen LogP contribution is -2.36. The number of hydrogen-bond donors (Lipinski definition) is 1. The highest BCUT2D eigenvalue weighted by atomic mass is 32.1. The SMILES string of the molecule is C[C@H](c1ccccc1)N1C(=O)N(Cc2nnc(-c3ccc(F)c(=O)[nH]3)s2)C2(CC2)C1=O. The lowest BCUT2D eigenvalue weighted by atomic mass is 10.1. The molecule has 0 bridgehead atoms. The van der Waals surface area contributed by atoms with Crippen LogP contribution in [0.1, 0.15) is 36.4 Å². The number of pyridine rings is 1. The van der Waals surface area contributed by atoms with Gasteiger partial charge in [-0.3, -0.25) is 14.5 Å². The number of halogens is 1. The Labute approximate surface area is 180 Å². The van der Waals surface area contributed by atoms with Crippen LogP contribution < -0.4 is 5.56 Å². The second-order valence-corrected chi connectivity index (χ2v) is 8.77. The molecule has 3 aromatic rings. The molecule has 0 unspecified atom stereocenters. The number of amides is 3. The first-order chi connectivity index (χ1) is 14.9.